The highest BCUT2D eigenvalue weighted by molar-refractivity contribution is 7.12. The zero-order valence-corrected chi connectivity index (χ0v) is 13.8. The molecule has 1 N–H and O–H groups in total. The first kappa shape index (κ1) is 16.9. The van der Waals surface area contributed by atoms with E-state index in [0.717, 1.165) is 15.3 Å². The van der Waals surface area contributed by atoms with Crippen molar-refractivity contribution in [3.63, 3.8) is 0 Å². The van der Waals surface area contributed by atoms with Crippen LogP contribution in [0.2, 0.25) is 0 Å². The maximum atomic E-state index is 12.2. The molecule has 1 aromatic rings. The van der Waals surface area contributed by atoms with Gasteiger partial charge in [0, 0.05) is 21.9 Å². The fourth-order valence-electron chi connectivity index (χ4n) is 1.91. The number of likely N-dealkylation sites (N-methyl/N-ethyl adjacent to an activating group) is 1. The average molecular weight is 296 g/mol. The van der Waals surface area contributed by atoms with Crippen LogP contribution in [0.25, 0.3) is 0 Å². The molecule has 4 nitrogen and oxygen atoms in total. The maximum absolute atomic E-state index is 12.2. The highest BCUT2D eigenvalue weighted by Gasteiger charge is 2.15. The Labute approximate surface area is 125 Å². The van der Waals surface area contributed by atoms with E-state index < -0.39 is 0 Å². The third kappa shape index (κ3) is 5.43. The number of amides is 1. The third-order valence-corrected chi connectivity index (χ3v) is 3.84. The normalized spacial score (nSPS) is 11.2. The molecule has 5 heteroatoms. The van der Waals surface area contributed by atoms with Crippen molar-refractivity contribution in [1.29, 1.82) is 0 Å². The van der Waals surface area contributed by atoms with Crippen molar-refractivity contribution >= 4 is 23.0 Å². The summed E-state index contributed by atoms with van der Waals surface area (Å²) in [5.74, 6) is 0.473. The minimum Gasteiger partial charge on any atom is -0.355 e. The lowest BCUT2D eigenvalue weighted by Crippen LogP contribution is -2.38. The molecule has 112 valence electrons. The molecule has 0 unspecified atom stereocenters. The SMILES string of the molecule is Cc1cc(C(=O)CN(C)CC(=O)NCC(C)C)c(C)s1. The van der Waals surface area contributed by atoms with E-state index in [4.69, 9.17) is 0 Å². The minimum absolute atomic E-state index is 0.0350. The second kappa shape index (κ2) is 7.55. The lowest BCUT2D eigenvalue weighted by molar-refractivity contribution is -0.121. The largest absolute Gasteiger partial charge is 0.355 e. The van der Waals surface area contributed by atoms with Crippen molar-refractivity contribution in [3.8, 4) is 0 Å². The van der Waals surface area contributed by atoms with Gasteiger partial charge in [-0.15, -0.1) is 11.3 Å². The average Bonchev–Trinajstić information content (AvgIpc) is 2.65. The first-order chi connectivity index (χ1) is 9.29. The summed E-state index contributed by atoms with van der Waals surface area (Å²) in [5, 5.41) is 2.85. The summed E-state index contributed by atoms with van der Waals surface area (Å²) in [6, 6.07) is 1.93. The zero-order valence-electron chi connectivity index (χ0n) is 12.9. The van der Waals surface area contributed by atoms with Gasteiger partial charge in [0.1, 0.15) is 0 Å². The van der Waals surface area contributed by atoms with Gasteiger partial charge in [-0.2, -0.15) is 0 Å². The highest BCUT2D eigenvalue weighted by Crippen LogP contribution is 2.21. The number of thiophene rings is 1. The summed E-state index contributed by atoms with van der Waals surface area (Å²) >= 11 is 1.63. The van der Waals surface area contributed by atoms with Crippen molar-refractivity contribution < 1.29 is 9.59 Å². The van der Waals surface area contributed by atoms with E-state index in [1.165, 1.54) is 0 Å². The van der Waals surface area contributed by atoms with Crippen LogP contribution in [-0.4, -0.2) is 43.3 Å². The first-order valence-corrected chi connectivity index (χ1v) is 7.66. The molecule has 0 saturated carbocycles. The molecule has 0 aliphatic heterocycles. The van der Waals surface area contributed by atoms with Crippen LogP contribution in [0.3, 0.4) is 0 Å². The van der Waals surface area contributed by atoms with Crippen LogP contribution >= 0.6 is 11.3 Å². The van der Waals surface area contributed by atoms with Crippen molar-refractivity contribution in [2.45, 2.75) is 27.7 Å². The van der Waals surface area contributed by atoms with Crippen LogP contribution in [0.5, 0.6) is 0 Å². The van der Waals surface area contributed by atoms with Crippen molar-refractivity contribution in [2.75, 3.05) is 26.7 Å². The van der Waals surface area contributed by atoms with E-state index in [0.29, 0.717) is 12.5 Å². The third-order valence-electron chi connectivity index (χ3n) is 2.88. The number of nitrogens with zero attached hydrogens (tertiary/aromatic N) is 1. The van der Waals surface area contributed by atoms with Gasteiger partial charge in [-0.05, 0) is 32.9 Å². The van der Waals surface area contributed by atoms with Crippen LogP contribution in [-0.2, 0) is 4.79 Å². The summed E-state index contributed by atoms with van der Waals surface area (Å²) in [6.07, 6.45) is 0. The number of ketones is 1. The second-order valence-electron chi connectivity index (χ2n) is 5.62. The summed E-state index contributed by atoms with van der Waals surface area (Å²) < 4.78 is 0. The van der Waals surface area contributed by atoms with Gasteiger partial charge in [0.25, 0.3) is 0 Å². The van der Waals surface area contributed by atoms with Crippen LogP contribution in [0, 0.1) is 19.8 Å². The Morgan fingerprint density at radius 1 is 1.30 bits per heavy atom. The van der Waals surface area contributed by atoms with E-state index >= 15 is 0 Å². The van der Waals surface area contributed by atoms with Crippen molar-refractivity contribution in [3.05, 3.63) is 21.4 Å². The molecule has 1 aromatic heterocycles. The van der Waals surface area contributed by atoms with Crippen molar-refractivity contribution in [2.24, 2.45) is 5.92 Å². The molecular formula is C15H24N2O2S. The Kier molecular flexibility index (Phi) is 6.36. The molecule has 0 radical (unpaired) electrons. The van der Waals surface area contributed by atoms with E-state index in [2.05, 4.69) is 19.2 Å². The maximum Gasteiger partial charge on any atom is 0.234 e. The number of Topliss-reactive ketones (excluding diaryl/α,β-unsaturated/α-hetero) is 1. The van der Waals surface area contributed by atoms with E-state index in [-0.39, 0.29) is 24.8 Å². The molecule has 0 aliphatic rings. The Hall–Kier alpha value is -1.20. The quantitative estimate of drug-likeness (QED) is 0.785. The van der Waals surface area contributed by atoms with E-state index in [1.54, 1.807) is 23.3 Å². The number of carbonyl (C=O) groups is 2. The summed E-state index contributed by atoms with van der Waals surface area (Å²) in [4.78, 5) is 27.8. The van der Waals surface area contributed by atoms with Gasteiger partial charge < -0.3 is 5.32 Å². The van der Waals surface area contributed by atoms with E-state index in [1.807, 2.05) is 19.9 Å². The molecule has 0 fully saturated rings. The zero-order chi connectivity index (χ0) is 15.3. The number of rotatable bonds is 7. The Balaban J connectivity index is 2.46. The van der Waals surface area contributed by atoms with Gasteiger partial charge in [-0.25, -0.2) is 0 Å². The Morgan fingerprint density at radius 3 is 2.45 bits per heavy atom. The fourth-order valence-corrected chi connectivity index (χ4v) is 2.86. The molecule has 0 saturated heterocycles. The molecule has 20 heavy (non-hydrogen) atoms. The van der Waals surface area contributed by atoms with Crippen LogP contribution in [0.4, 0.5) is 0 Å². The molecule has 0 aromatic carbocycles. The van der Waals surface area contributed by atoms with Crippen LogP contribution in [0.15, 0.2) is 6.07 Å². The standard InChI is InChI=1S/C15H24N2O2S/c1-10(2)7-16-15(19)9-17(5)8-14(18)13-6-11(3)20-12(13)4/h6,10H,7-9H2,1-5H3,(H,16,19). The van der Waals surface area contributed by atoms with Crippen LogP contribution < -0.4 is 5.32 Å². The number of carbonyl (C=O) groups excluding carboxylic acids is 2. The predicted molar refractivity (Wildman–Crippen MR) is 83.5 cm³/mol. The monoisotopic (exact) mass is 296 g/mol. The smallest absolute Gasteiger partial charge is 0.234 e. The lowest BCUT2D eigenvalue weighted by atomic mass is 10.1. The Morgan fingerprint density at radius 2 is 1.95 bits per heavy atom. The number of nitrogens with one attached hydrogen (secondary N) is 1. The van der Waals surface area contributed by atoms with Gasteiger partial charge in [0.15, 0.2) is 5.78 Å². The Bertz CT molecular complexity index is 480. The first-order valence-electron chi connectivity index (χ1n) is 6.85. The van der Waals surface area contributed by atoms with Gasteiger partial charge >= 0.3 is 0 Å². The highest BCUT2D eigenvalue weighted by atomic mass is 32.1. The molecular weight excluding hydrogens is 272 g/mol. The summed E-state index contributed by atoms with van der Waals surface area (Å²) in [7, 11) is 1.79. The second-order valence-corrected chi connectivity index (χ2v) is 7.08. The number of aryl methyl sites for hydroxylation is 2. The van der Waals surface area contributed by atoms with Gasteiger partial charge in [-0.3, -0.25) is 14.5 Å². The van der Waals surface area contributed by atoms with Gasteiger partial charge in [0.05, 0.1) is 13.1 Å². The van der Waals surface area contributed by atoms with Crippen LogP contribution in [0.1, 0.15) is 34.0 Å². The fraction of sp³-hybridized carbons (Fsp3) is 0.600. The minimum atomic E-state index is -0.0350. The lowest BCUT2D eigenvalue weighted by Gasteiger charge is -2.16. The van der Waals surface area contributed by atoms with E-state index in [9.17, 15) is 9.59 Å². The molecule has 0 atom stereocenters. The molecule has 0 aliphatic carbocycles. The van der Waals surface area contributed by atoms with Gasteiger partial charge in [0.2, 0.25) is 5.91 Å². The summed E-state index contributed by atoms with van der Waals surface area (Å²) in [5.41, 5.74) is 0.780. The summed E-state index contributed by atoms with van der Waals surface area (Å²) in [6.45, 7) is 9.25. The molecule has 0 spiro atoms. The molecule has 0 bridgehead atoms. The molecule has 1 heterocycles. The molecule has 1 rings (SSSR count). The number of hydrogen-bond acceptors (Lipinski definition) is 4. The van der Waals surface area contributed by atoms with Crippen molar-refractivity contribution in [1.82, 2.24) is 10.2 Å². The molecule has 1 amide bonds. The number of hydrogen-bond donors (Lipinski definition) is 1. The topological polar surface area (TPSA) is 49.4 Å². The predicted octanol–water partition coefficient (Wildman–Crippen LogP) is 2.25. The van der Waals surface area contributed by atoms with Gasteiger partial charge in [-0.1, -0.05) is 13.8 Å².